The summed E-state index contributed by atoms with van der Waals surface area (Å²) in [6, 6.07) is 18.4. The highest BCUT2D eigenvalue weighted by Crippen LogP contribution is 2.34. The van der Waals surface area contributed by atoms with Crippen molar-refractivity contribution >= 4 is 35.2 Å². The van der Waals surface area contributed by atoms with Gasteiger partial charge in [-0.2, -0.15) is 0 Å². The summed E-state index contributed by atoms with van der Waals surface area (Å²) in [4.78, 5) is 49.0. The molecule has 10 nitrogen and oxygen atoms in total. The summed E-state index contributed by atoms with van der Waals surface area (Å²) in [5.41, 5.74) is 2.22. The van der Waals surface area contributed by atoms with E-state index >= 15 is 0 Å². The average Bonchev–Trinajstić information content (AvgIpc) is 3.13. The maximum absolute atomic E-state index is 12.9. The minimum absolute atomic E-state index is 0.0128. The van der Waals surface area contributed by atoms with E-state index in [4.69, 9.17) is 9.47 Å². The number of benzene rings is 3. The van der Waals surface area contributed by atoms with E-state index in [9.17, 15) is 24.5 Å². The van der Waals surface area contributed by atoms with Crippen molar-refractivity contribution in [3.05, 3.63) is 99.6 Å². The van der Waals surface area contributed by atoms with Crippen molar-refractivity contribution in [2.75, 3.05) is 12.1 Å². The van der Waals surface area contributed by atoms with Crippen molar-refractivity contribution in [3.63, 3.8) is 0 Å². The van der Waals surface area contributed by atoms with Gasteiger partial charge in [0.15, 0.2) is 0 Å². The number of carbonyl (C=O) groups excluding carboxylic acids is 3. The number of nitrogens with one attached hydrogen (secondary N) is 1. The van der Waals surface area contributed by atoms with Crippen LogP contribution in [0.15, 0.2) is 78.4 Å². The Bertz CT molecular complexity index is 1340. The van der Waals surface area contributed by atoms with E-state index in [1.165, 1.54) is 31.4 Å². The van der Waals surface area contributed by atoms with Crippen LogP contribution in [0.5, 0.6) is 11.5 Å². The third-order valence-corrected chi connectivity index (χ3v) is 4.93. The first-order chi connectivity index (χ1) is 16.4. The van der Waals surface area contributed by atoms with Crippen molar-refractivity contribution in [2.45, 2.75) is 0 Å². The molecule has 0 aliphatic carbocycles. The number of amides is 2. The Kier molecular flexibility index (Phi) is 6.04. The molecule has 1 fully saturated rings. The summed E-state index contributed by atoms with van der Waals surface area (Å²) >= 11 is 0. The molecule has 1 aliphatic heterocycles. The topological polar surface area (TPSA) is 128 Å². The quantitative estimate of drug-likeness (QED) is 0.150. The van der Waals surface area contributed by atoms with Crippen LogP contribution in [0.2, 0.25) is 0 Å². The van der Waals surface area contributed by atoms with Crippen molar-refractivity contribution < 1.29 is 28.8 Å². The molecule has 1 saturated heterocycles. The predicted octanol–water partition coefficient (Wildman–Crippen LogP) is 3.28. The Morgan fingerprint density at radius 2 is 1.76 bits per heavy atom. The molecule has 10 heteroatoms. The van der Waals surface area contributed by atoms with Gasteiger partial charge >= 0.3 is 11.7 Å². The van der Waals surface area contributed by atoms with E-state index < -0.39 is 34.1 Å². The van der Waals surface area contributed by atoms with Crippen LogP contribution < -0.4 is 19.9 Å². The van der Waals surface area contributed by atoms with Gasteiger partial charge in [0.05, 0.1) is 23.3 Å². The summed E-state index contributed by atoms with van der Waals surface area (Å²) in [7, 11) is 1.43. The highest BCUT2D eigenvalue weighted by Gasteiger charge is 2.35. The Morgan fingerprint density at radius 3 is 2.47 bits per heavy atom. The number of hydrazine groups is 1. The molecular formula is C24H17N3O7. The van der Waals surface area contributed by atoms with Crippen molar-refractivity contribution in [3.8, 4) is 11.5 Å². The number of anilines is 1. The SMILES string of the molecule is COc1cccc(C(=O)Oc2c(C=C3C(=O)NN(c4ccccc4)C3=O)cccc2[N+](=O)[O-])c1. The number of rotatable bonds is 6. The summed E-state index contributed by atoms with van der Waals surface area (Å²) in [5, 5.41) is 12.7. The number of para-hydroxylation sites is 2. The summed E-state index contributed by atoms with van der Waals surface area (Å²) in [5.74, 6) is -2.24. The van der Waals surface area contributed by atoms with Crippen molar-refractivity contribution in [1.29, 1.82) is 0 Å². The first-order valence-electron chi connectivity index (χ1n) is 9.95. The second-order valence-corrected chi connectivity index (χ2v) is 7.05. The average molecular weight is 459 g/mol. The van der Waals surface area contributed by atoms with Crippen LogP contribution >= 0.6 is 0 Å². The molecule has 3 aromatic carbocycles. The molecule has 4 rings (SSSR count). The third kappa shape index (κ3) is 4.32. The van der Waals surface area contributed by atoms with Gasteiger partial charge < -0.3 is 9.47 Å². The van der Waals surface area contributed by atoms with Gasteiger partial charge in [-0.1, -0.05) is 36.4 Å². The molecule has 0 saturated carbocycles. The lowest BCUT2D eigenvalue weighted by Crippen LogP contribution is -2.35. The monoisotopic (exact) mass is 459 g/mol. The minimum Gasteiger partial charge on any atom is -0.497 e. The number of esters is 1. The Hall–Kier alpha value is -4.99. The minimum atomic E-state index is -0.874. The zero-order valence-electron chi connectivity index (χ0n) is 17.8. The fraction of sp³-hybridized carbons (Fsp3) is 0.0417. The lowest BCUT2D eigenvalue weighted by Gasteiger charge is -2.14. The maximum atomic E-state index is 12.9. The molecule has 0 spiro atoms. The molecule has 0 radical (unpaired) electrons. The molecule has 3 aromatic rings. The third-order valence-electron chi connectivity index (χ3n) is 4.93. The summed E-state index contributed by atoms with van der Waals surface area (Å²) in [6.45, 7) is 0. The number of carbonyl (C=O) groups is 3. The highest BCUT2D eigenvalue weighted by atomic mass is 16.6. The fourth-order valence-electron chi connectivity index (χ4n) is 3.28. The van der Waals surface area contributed by atoms with Crippen LogP contribution in [0.3, 0.4) is 0 Å². The molecule has 0 aromatic heterocycles. The van der Waals surface area contributed by atoms with Crippen LogP contribution in [0.4, 0.5) is 11.4 Å². The number of nitrogens with zero attached hydrogens (tertiary/aromatic N) is 2. The van der Waals surface area contributed by atoms with Gasteiger partial charge in [-0.3, -0.25) is 25.1 Å². The number of hydrogen-bond acceptors (Lipinski definition) is 7. The van der Waals surface area contributed by atoms with E-state index in [1.807, 2.05) is 0 Å². The number of nitro benzene ring substituents is 1. The molecule has 1 aliphatic rings. The Labute approximate surface area is 193 Å². The van der Waals surface area contributed by atoms with Crippen molar-refractivity contribution in [2.24, 2.45) is 0 Å². The van der Waals surface area contributed by atoms with E-state index in [0.717, 1.165) is 17.2 Å². The summed E-state index contributed by atoms with van der Waals surface area (Å²) in [6.07, 6.45) is 1.15. The van der Waals surface area contributed by atoms with Gasteiger partial charge in [-0.25, -0.2) is 9.80 Å². The predicted molar refractivity (Wildman–Crippen MR) is 121 cm³/mol. The van der Waals surface area contributed by atoms with Gasteiger partial charge in [0.1, 0.15) is 11.3 Å². The van der Waals surface area contributed by atoms with Crippen molar-refractivity contribution in [1.82, 2.24) is 5.43 Å². The smallest absolute Gasteiger partial charge is 0.343 e. The van der Waals surface area contributed by atoms with Crippen LogP contribution in [0.1, 0.15) is 15.9 Å². The Balaban J connectivity index is 1.73. The van der Waals surface area contributed by atoms with Gasteiger partial charge in [-0.15, -0.1) is 0 Å². The second kappa shape index (κ2) is 9.25. The first kappa shape index (κ1) is 22.2. The molecule has 0 bridgehead atoms. The largest absolute Gasteiger partial charge is 0.497 e. The van der Waals surface area contributed by atoms with Gasteiger partial charge in [0.25, 0.3) is 11.8 Å². The van der Waals surface area contributed by atoms with Gasteiger partial charge in [0.2, 0.25) is 5.75 Å². The number of hydrogen-bond donors (Lipinski definition) is 1. The second-order valence-electron chi connectivity index (χ2n) is 7.05. The fourth-order valence-corrected chi connectivity index (χ4v) is 3.28. The van der Waals surface area contributed by atoms with E-state index in [1.54, 1.807) is 42.5 Å². The van der Waals surface area contributed by atoms with Crippen LogP contribution in [0.25, 0.3) is 6.08 Å². The number of methoxy groups -OCH3 is 1. The van der Waals surface area contributed by atoms with Crippen LogP contribution in [-0.2, 0) is 9.59 Å². The molecule has 2 amide bonds. The normalized spacial score (nSPS) is 14.1. The van der Waals surface area contributed by atoms with Gasteiger partial charge in [-0.05, 0) is 36.4 Å². The van der Waals surface area contributed by atoms with Crippen LogP contribution in [0, 0.1) is 10.1 Å². The molecule has 1 N–H and O–H groups in total. The molecule has 0 atom stereocenters. The molecule has 170 valence electrons. The van der Waals surface area contributed by atoms with Gasteiger partial charge in [0, 0.05) is 11.6 Å². The Morgan fingerprint density at radius 1 is 1.03 bits per heavy atom. The molecular weight excluding hydrogens is 442 g/mol. The lowest BCUT2D eigenvalue weighted by atomic mass is 10.1. The van der Waals surface area contributed by atoms with E-state index in [2.05, 4.69) is 5.43 Å². The molecule has 0 unspecified atom stereocenters. The van der Waals surface area contributed by atoms with E-state index in [0.29, 0.717) is 11.4 Å². The highest BCUT2D eigenvalue weighted by molar-refractivity contribution is 6.31. The van der Waals surface area contributed by atoms with E-state index in [-0.39, 0.29) is 16.7 Å². The first-order valence-corrected chi connectivity index (χ1v) is 9.95. The van der Waals surface area contributed by atoms with Crippen LogP contribution in [-0.4, -0.2) is 29.8 Å². The summed E-state index contributed by atoms with van der Waals surface area (Å²) < 4.78 is 10.5. The lowest BCUT2D eigenvalue weighted by molar-refractivity contribution is -0.385. The standard InChI is InChI=1S/C24H17N3O7/c1-33-18-11-5-8-16(13-18)24(30)34-21-15(7-6-12-20(21)27(31)32)14-19-22(28)25-26(23(19)29)17-9-3-2-4-10-17/h2-14H,1H3,(H,25,28). The maximum Gasteiger partial charge on any atom is 0.343 e. The molecule has 1 heterocycles. The number of ether oxygens (including phenoxy) is 2. The zero-order valence-corrected chi connectivity index (χ0v) is 17.8. The zero-order chi connectivity index (χ0) is 24.2. The number of nitro groups is 1. The molecule has 34 heavy (non-hydrogen) atoms.